The van der Waals surface area contributed by atoms with Gasteiger partial charge in [-0.25, -0.2) is 4.63 Å². The topological polar surface area (TPSA) is 125 Å². The van der Waals surface area contributed by atoms with Gasteiger partial charge in [0.1, 0.15) is 6.61 Å². The number of carbonyl (C=O) groups excluding carboxylic acids is 1. The molecular weight excluding hydrogens is 445 g/mol. The number of hydrogen-bond acceptors (Lipinski definition) is 8. The van der Waals surface area contributed by atoms with E-state index in [-0.39, 0.29) is 23.9 Å². The maximum Gasteiger partial charge on any atom is 0.277 e. The minimum Gasteiger partial charge on any atom is -1.00 e. The number of hydrogen-bond donors (Lipinski definition) is 3. The van der Waals surface area contributed by atoms with Crippen LogP contribution in [0.15, 0.2) is 47.1 Å². The van der Waals surface area contributed by atoms with E-state index in [2.05, 4.69) is 25.6 Å². The van der Waals surface area contributed by atoms with Gasteiger partial charge in [0, 0.05) is 30.2 Å². The lowest BCUT2D eigenvalue weighted by Crippen LogP contribution is -3.00. The van der Waals surface area contributed by atoms with E-state index < -0.39 is 5.91 Å². The molecule has 3 rings (SSSR count). The van der Waals surface area contributed by atoms with Gasteiger partial charge < -0.3 is 38.2 Å². The highest BCUT2D eigenvalue weighted by molar-refractivity contribution is 6.30. The molecule has 0 unspecified atom stereocenters. The molecule has 9 nitrogen and oxygen atoms in total. The lowest BCUT2D eigenvalue weighted by Gasteiger charge is -2.16. The Morgan fingerprint density at radius 1 is 1.16 bits per heavy atom. The molecule has 0 bridgehead atoms. The molecule has 0 fully saturated rings. The number of carbonyl (C=O) groups is 1. The predicted octanol–water partition coefficient (Wildman–Crippen LogP) is -0.584. The summed E-state index contributed by atoms with van der Waals surface area (Å²) >= 11 is 5.93. The first-order chi connectivity index (χ1) is 14.6. The average Bonchev–Trinajstić information content (AvgIpc) is 3.19. The van der Waals surface area contributed by atoms with E-state index in [1.54, 1.807) is 7.11 Å². The molecule has 31 heavy (non-hydrogen) atoms. The highest BCUT2D eigenvalue weighted by atomic mass is 35.5. The zero-order chi connectivity index (χ0) is 21.3. The largest absolute Gasteiger partial charge is 1.00 e. The van der Waals surface area contributed by atoms with E-state index in [0.29, 0.717) is 42.8 Å². The molecule has 0 spiro atoms. The van der Waals surface area contributed by atoms with Crippen LogP contribution < -0.4 is 38.2 Å². The zero-order valence-electron chi connectivity index (χ0n) is 16.7. The van der Waals surface area contributed by atoms with Gasteiger partial charge in [0.2, 0.25) is 11.5 Å². The molecule has 1 amide bonds. The molecule has 0 saturated carbocycles. The van der Waals surface area contributed by atoms with Gasteiger partial charge in [0.05, 0.1) is 7.11 Å². The Balaban J connectivity index is 0.00000341. The number of nitrogens with zero attached hydrogens (tertiary/aromatic N) is 2. The van der Waals surface area contributed by atoms with Gasteiger partial charge in [-0.1, -0.05) is 35.9 Å². The normalized spacial score (nSPS) is 10.3. The summed E-state index contributed by atoms with van der Waals surface area (Å²) < 4.78 is 15.9. The number of aromatic nitrogens is 2. The van der Waals surface area contributed by atoms with Crippen LogP contribution in [-0.2, 0) is 13.2 Å². The fourth-order valence-electron chi connectivity index (χ4n) is 2.69. The highest BCUT2D eigenvalue weighted by Crippen LogP contribution is 2.31. The van der Waals surface area contributed by atoms with Crippen molar-refractivity contribution in [2.75, 3.05) is 25.9 Å². The molecule has 0 saturated heterocycles. The Kier molecular flexibility index (Phi) is 9.39. The maximum absolute atomic E-state index is 11.9. The van der Waals surface area contributed by atoms with Crippen LogP contribution in [0.1, 0.15) is 21.6 Å². The molecule has 0 aliphatic heterocycles. The second kappa shape index (κ2) is 12.0. The third-order valence-electron chi connectivity index (χ3n) is 4.21. The van der Waals surface area contributed by atoms with Crippen molar-refractivity contribution in [3.05, 3.63) is 64.3 Å². The summed E-state index contributed by atoms with van der Waals surface area (Å²) in [6, 6.07) is 13.2. The van der Waals surface area contributed by atoms with Crippen molar-refractivity contribution in [3.63, 3.8) is 0 Å². The molecule has 2 aromatic carbocycles. The minimum atomic E-state index is -0.441. The van der Waals surface area contributed by atoms with E-state index in [0.717, 1.165) is 11.1 Å². The first-order valence-corrected chi connectivity index (χ1v) is 9.56. The SMILES string of the molecule is COc1cccc(CNCCNC(=O)c2nonc2N)c1OCc1ccc(Cl)cc1.[Cl-]. The Bertz CT molecular complexity index is 982. The summed E-state index contributed by atoms with van der Waals surface area (Å²) in [5.41, 5.74) is 7.39. The Labute approximate surface area is 190 Å². The molecule has 0 atom stereocenters. The van der Waals surface area contributed by atoms with Crippen molar-refractivity contribution in [1.82, 2.24) is 20.9 Å². The summed E-state index contributed by atoms with van der Waals surface area (Å²) in [6.07, 6.45) is 0. The van der Waals surface area contributed by atoms with Crippen molar-refractivity contribution in [2.45, 2.75) is 13.2 Å². The quantitative estimate of drug-likeness (QED) is 0.339. The summed E-state index contributed by atoms with van der Waals surface area (Å²) in [5, 5.41) is 13.5. The lowest BCUT2D eigenvalue weighted by atomic mass is 10.1. The number of para-hydroxylation sites is 1. The molecule has 0 aliphatic carbocycles. The van der Waals surface area contributed by atoms with Crippen LogP contribution in [0, 0.1) is 0 Å². The maximum atomic E-state index is 11.9. The number of amides is 1. The number of nitrogen functional groups attached to an aromatic ring is 1. The number of anilines is 1. The molecule has 0 radical (unpaired) electrons. The fourth-order valence-corrected chi connectivity index (χ4v) is 2.81. The van der Waals surface area contributed by atoms with Crippen molar-refractivity contribution in [3.8, 4) is 11.5 Å². The van der Waals surface area contributed by atoms with Crippen LogP contribution in [0.3, 0.4) is 0 Å². The standard InChI is InChI=1S/C20H22ClN5O4.ClH/c1-28-16-4-2-3-14(18(16)29-12-13-5-7-15(21)8-6-13)11-23-9-10-24-20(27)17-19(22)26-30-25-17;/h2-8,23H,9-12H2,1H3,(H2,22,26)(H,24,27);1H/p-1. The summed E-state index contributed by atoms with van der Waals surface area (Å²) in [6.45, 7) is 1.80. The number of benzene rings is 2. The molecule has 4 N–H and O–H groups in total. The number of ether oxygens (including phenoxy) is 2. The lowest BCUT2D eigenvalue weighted by molar-refractivity contribution is -0.0000154. The number of nitrogens with one attached hydrogen (secondary N) is 2. The summed E-state index contributed by atoms with van der Waals surface area (Å²) in [7, 11) is 1.60. The number of rotatable bonds is 10. The first kappa shape index (κ1) is 24.3. The van der Waals surface area contributed by atoms with Crippen molar-refractivity contribution >= 4 is 23.3 Å². The van der Waals surface area contributed by atoms with E-state index in [9.17, 15) is 4.79 Å². The van der Waals surface area contributed by atoms with Crippen LogP contribution in [0.4, 0.5) is 5.82 Å². The summed E-state index contributed by atoms with van der Waals surface area (Å²) in [4.78, 5) is 11.9. The van der Waals surface area contributed by atoms with Gasteiger partial charge in [0.25, 0.3) is 5.91 Å². The molecule has 1 aromatic heterocycles. The van der Waals surface area contributed by atoms with Gasteiger partial charge in [-0.15, -0.1) is 0 Å². The average molecular weight is 467 g/mol. The number of methoxy groups -OCH3 is 1. The van der Waals surface area contributed by atoms with Crippen molar-refractivity contribution in [1.29, 1.82) is 0 Å². The highest BCUT2D eigenvalue weighted by Gasteiger charge is 2.15. The second-order valence-electron chi connectivity index (χ2n) is 6.29. The van der Waals surface area contributed by atoms with Gasteiger partial charge in [0.15, 0.2) is 11.5 Å². The monoisotopic (exact) mass is 466 g/mol. The number of halogens is 2. The second-order valence-corrected chi connectivity index (χ2v) is 6.73. The molecule has 1 heterocycles. The van der Waals surface area contributed by atoms with Gasteiger partial charge in [-0.05, 0) is 34.1 Å². The van der Waals surface area contributed by atoms with Crippen molar-refractivity contribution in [2.24, 2.45) is 0 Å². The van der Waals surface area contributed by atoms with E-state index >= 15 is 0 Å². The van der Waals surface area contributed by atoms with Gasteiger partial charge >= 0.3 is 0 Å². The first-order valence-electron chi connectivity index (χ1n) is 9.18. The zero-order valence-corrected chi connectivity index (χ0v) is 18.2. The van der Waals surface area contributed by atoms with Crippen LogP contribution in [0.25, 0.3) is 0 Å². The van der Waals surface area contributed by atoms with E-state index in [1.165, 1.54) is 0 Å². The Hall–Kier alpha value is -3.01. The molecule has 3 aromatic rings. The Morgan fingerprint density at radius 3 is 2.61 bits per heavy atom. The van der Waals surface area contributed by atoms with Crippen LogP contribution >= 0.6 is 11.6 Å². The minimum absolute atomic E-state index is 0. The van der Waals surface area contributed by atoms with E-state index in [1.807, 2.05) is 42.5 Å². The van der Waals surface area contributed by atoms with Crippen LogP contribution in [0.2, 0.25) is 5.02 Å². The molecular formula is C20H22Cl2N5O4-. The third-order valence-corrected chi connectivity index (χ3v) is 4.46. The van der Waals surface area contributed by atoms with Crippen LogP contribution in [0.5, 0.6) is 11.5 Å². The van der Waals surface area contributed by atoms with Gasteiger partial charge in [-0.3, -0.25) is 4.79 Å². The van der Waals surface area contributed by atoms with E-state index in [4.69, 9.17) is 26.8 Å². The van der Waals surface area contributed by atoms with Crippen LogP contribution in [-0.4, -0.2) is 36.4 Å². The Morgan fingerprint density at radius 2 is 1.94 bits per heavy atom. The predicted molar refractivity (Wildman–Crippen MR) is 112 cm³/mol. The van der Waals surface area contributed by atoms with Crippen molar-refractivity contribution < 1.29 is 31.3 Å². The van der Waals surface area contributed by atoms with Gasteiger partial charge in [-0.2, -0.15) is 0 Å². The number of nitrogens with two attached hydrogens (primary N) is 1. The molecule has 166 valence electrons. The third kappa shape index (κ3) is 6.74. The fraction of sp³-hybridized carbons (Fsp3) is 0.250. The molecule has 0 aliphatic rings. The smallest absolute Gasteiger partial charge is 0.277 e. The molecule has 11 heteroatoms. The summed E-state index contributed by atoms with van der Waals surface area (Å²) in [5.74, 6) is 0.821.